The summed E-state index contributed by atoms with van der Waals surface area (Å²) in [6.07, 6.45) is 0.174. The third-order valence-electron chi connectivity index (χ3n) is 4.29. The van der Waals surface area contributed by atoms with Crippen molar-refractivity contribution in [3.63, 3.8) is 0 Å². The smallest absolute Gasteiger partial charge is 0.404 e. The van der Waals surface area contributed by atoms with Crippen LogP contribution in [0.5, 0.6) is 0 Å². The molecule has 0 bridgehead atoms. The number of carboxylic acid groups (broad SMARTS) is 1. The average Bonchev–Trinajstić information content (AvgIpc) is 2.88. The minimum absolute atomic E-state index is 0.00129. The van der Waals surface area contributed by atoms with Crippen LogP contribution in [0, 0.1) is 6.92 Å². The van der Waals surface area contributed by atoms with E-state index >= 15 is 0 Å². The van der Waals surface area contributed by atoms with Gasteiger partial charge in [-0.25, -0.2) is 21.9 Å². The Kier molecular flexibility index (Phi) is 7.87. The molecule has 0 unspecified atom stereocenters. The number of aromatic nitrogens is 2. The molecule has 1 aromatic heterocycles. The quantitative estimate of drug-likeness (QED) is 0.604. The third kappa shape index (κ3) is 5.72. The Morgan fingerprint density at radius 2 is 2.03 bits per heavy atom. The maximum Gasteiger partial charge on any atom is 0.404 e. The summed E-state index contributed by atoms with van der Waals surface area (Å²) < 4.78 is 41.0. The normalized spacial score (nSPS) is 12.4. The van der Waals surface area contributed by atoms with Gasteiger partial charge in [0.05, 0.1) is 11.6 Å². The lowest BCUT2D eigenvalue weighted by Gasteiger charge is -2.13. The Bertz CT molecular complexity index is 1080. The summed E-state index contributed by atoms with van der Waals surface area (Å²) in [6.45, 7) is 1.36. The predicted octanol–water partition coefficient (Wildman–Crippen LogP) is 3.46. The van der Waals surface area contributed by atoms with Crippen molar-refractivity contribution < 1.29 is 22.7 Å². The number of hydrogen-bond donors (Lipinski definition) is 2. The van der Waals surface area contributed by atoms with Crippen LogP contribution in [0.1, 0.15) is 16.8 Å². The molecule has 0 saturated carbocycles. The first kappa shape index (κ1) is 24.1. The van der Waals surface area contributed by atoms with Crippen LogP contribution in [0.3, 0.4) is 0 Å². The summed E-state index contributed by atoms with van der Waals surface area (Å²) in [4.78, 5) is 10.4. The van der Waals surface area contributed by atoms with E-state index in [0.717, 1.165) is 10.4 Å². The molecule has 0 radical (unpaired) electrons. The molecule has 1 amide bonds. The molecule has 0 atom stereocenters. The second-order valence-corrected chi connectivity index (χ2v) is 9.46. The standard InChI is InChI=1S/C18H21Cl2FN4O4S/c1-11-14(17(20)23-25(11)10-13(21)6-7-22-18(26)27)8-12-4-5-16(15(19)9-12)30(28,29)24(2)3/h4-6,9,22H,7-8,10H2,1-3H3,(H,26,27). The highest BCUT2D eigenvalue weighted by Crippen LogP contribution is 2.28. The highest BCUT2D eigenvalue weighted by atomic mass is 35.5. The summed E-state index contributed by atoms with van der Waals surface area (Å²) in [5, 5.41) is 14.9. The predicted molar refractivity (Wildman–Crippen MR) is 112 cm³/mol. The van der Waals surface area contributed by atoms with Gasteiger partial charge in [-0.15, -0.1) is 0 Å². The number of nitrogens with zero attached hydrogens (tertiary/aromatic N) is 3. The number of hydrogen-bond acceptors (Lipinski definition) is 4. The largest absolute Gasteiger partial charge is 0.465 e. The lowest BCUT2D eigenvalue weighted by molar-refractivity contribution is 0.195. The van der Waals surface area contributed by atoms with Gasteiger partial charge in [0.1, 0.15) is 10.7 Å². The SMILES string of the molecule is Cc1c(Cc2ccc(S(=O)(=O)N(C)C)c(Cl)c2)c(Cl)nn1CC(F)=CCNC(=O)O. The number of carbonyl (C=O) groups is 1. The molecule has 0 fully saturated rings. The van der Waals surface area contributed by atoms with Gasteiger partial charge >= 0.3 is 6.09 Å². The van der Waals surface area contributed by atoms with Crippen LogP contribution in [-0.4, -0.2) is 54.3 Å². The summed E-state index contributed by atoms with van der Waals surface area (Å²) in [5.74, 6) is -0.571. The zero-order valence-corrected chi connectivity index (χ0v) is 18.8. The Morgan fingerprint density at radius 1 is 1.37 bits per heavy atom. The van der Waals surface area contributed by atoms with E-state index in [1.807, 2.05) is 5.32 Å². The second-order valence-electron chi connectivity index (χ2n) is 6.58. The maximum atomic E-state index is 14.0. The molecule has 0 aliphatic heterocycles. The Hall–Kier alpha value is -2.14. The fourth-order valence-corrected chi connectivity index (χ4v) is 4.35. The first-order chi connectivity index (χ1) is 13.9. The molecule has 12 heteroatoms. The molecule has 0 spiro atoms. The summed E-state index contributed by atoms with van der Waals surface area (Å²) in [5.41, 5.74) is 1.98. The van der Waals surface area contributed by atoms with Crippen molar-refractivity contribution >= 4 is 39.3 Å². The van der Waals surface area contributed by atoms with Crippen LogP contribution in [0.2, 0.25) is 10.2 Å². The summed E-state index contributed by atoms with van der Waals surface area (Å²) >= 11 is 12.4. The van der Waals surface area contributed by atoms with Gasteiger partial charge in [-0.2, -0.15) is 5.10 Å². The van der Waals surface area contributed by atoms with Gasteiger partial charge in [-0.05, 0) is 30.7 Å². The van der Waals surface area contributed by atoms with Crippen LogP contribution in [0.25, 0.3) is 0 Å². The van der Waals surface area contributed by atoms with Gasteiger partial charge in [-0.1, -0.05) is 29.3 Å². The van der Waals surface area contributed by atoms with Gasteiger partial charge in [0.25, 0.3) is 0 Å². The van der Waals surface area contributed by atoms with Crippen molar-refractivity contribution in [3.8, 4) is 0 Å². The minimum atomic E-state index is -3.67. The topological polar surface area (TPSA) is 105 Å². The fraction of sp³-hybridized carbons (Fsp3) is 0.333. The Morgan fingerprint density at radius 3 is 2.60 bits per heavy atom. The Balaban J connectivity index is 2.22. The zero-order chi connectivity index (χ0) is 22.6. The van der Waals surface area contributed by atoms with Gasteiger partial charge in [0.2, 0.25) is 10.0 Å². The van der Waals surface area contributed by atoms with E-state index in [1.54, 1.807) is 19.1 Å². The molecule has 0 aliphatic rings. The highest BCUT2D eigenvalue weighted by molar-refractivity contribution is 7.89. The highest BCUT2D eigenvalue weighted by Gasteiger charge is 2.21. The van der Waals surface area contributed by atoms with Crippen molar-refractivity contribution in [2.75, 3.05) is 20.6 Å². The average molecular weight is 479 g/mol. The molecule has 2 N–H and O–H groups in total. The summed E-state index contributed by atoms with van der Waals surface area (Å²) in [6, 6.07) is 4.61. The first-order valence-electron chi connectivity index (χ1n) is 8.67. The van der Waals surface area contributed by atoms with Gasteiger partial charge in [0.15, 0.2) is 5.15 Å². The number of amides is 1. The number of halogens is 3. The van der Waals surface area contributed by atoms with Crippen LogP contribution in [0.15, 0.2) is 35.0 Å². The van der Waals surface area contributed by atoms with Crippen LogP contribution < -0.4 is 5.32 Å². The zero-order valence-electron chi connectivity index (χ0n) is 16.5. The van der Waals surface area contributed by atoms with Crippen LogP contribution in [0.4, 0.5) is 9.18 Å². The maximum absolute atomic E-state index is 14.0. The Labute approximate surface area is 183 Å². The van der Waals surface area contributed by atoms with E-state index in [2.05, 4.69) is 5.10 Å². The van der Waals surface area contributed by atoms with Crippen molar-refractivity contribution in [1.82, 2.24) is 19.4 Å². The van der Waals surface area contributed by atoms with Gasteiger partial charge in [-0.3, -0.25) is 4.68 Å². The fourth-order valence-electron chi connectivity index (χ4n) is 2.62. The number of allylic oxidation sites excluding steroid dienone is 1. The lowest BCUT2D eigenvalue weighted by Crippen LogP contribution is -2.22. The van der Waals surface area contributed by atoms with E-state index in [0.29, 0.717) is 23.2 Å². The molecule has 8 nitrogen and oxygen atoms in total. The van der Waals surface area contributed by atoms with E-state index in [1.165, 1.54) is 24.8 Å². The van der Waals surface area contributed by atoms with Crippen molar-refractivity contribution in [1.29, 1.82) is 0 Å². The van der Waals surface area contributed by atoms with E-state index in [9.17, 15) is 17.6 Å². The van der Waals surface area contributed by atoms with Gasteiger partial charge < -0.3 is 10.4 Å². The minimum Gasteiger partial charge on any atom is -0.465 e. The molecule has 2 aromatic rings. The van der Waals surface area contributed by atoms with Crippen molar-refractivity contribution in [3.05, 3.63) is 57.1 Å². The van der Waals surface area contributed by atoms with E-state index < -0.39 is 21.9 Å². The molecule has 0 aliphatic carbocycles. The molecule has 1 heterocycles. The molecule has 164 valence electrons. The van der Waals surface area contributed by atoms with Crippen LogP contribution in [-0.2, 0) is 23.0 Å². The molecule has 2 rings (SSSR count). The monoisotopic (exact) mass is 478 g/mol. The van der Waals surface area contributed by atoms with E-state index in [-0.39, 0.29) is 28.2 Å². The lowest BCUT2D eigenvalue weighted by atomic mass is 10.1. The molecular weight excluding hydrogens is 458 g/mol. The van der Waals surface area contributed by atoms with E-state index in [4.69, 9.17) is 28.3 Å². The van der Waals surface area contributed by atoms with Crippen molar-refractivity contribution in [2.45, 2.75) is 24.8 Å². The number of rotatable bonds is 8. The third-order valence-corrected chi connectivity index (χ3v) is 6.90. The molecular formula is C18H21Cl2FN4O4S. The van der Waals surface area contributed by atoms with Gasteiger partial charge in [0, 0.05) is 38.3 Å². The number of nitrogens with one attached hydrogen (secondary N) is 1. The van der Waals surface area contributed by atoms with Crippen molar-refractivity contribution in [2.24, 2.45) is 0 Å². The number of sulfonamides is 1. The molecule has 30 heavy (non-hydrogen) atoms. The summed E-state index contributed by atoms with van der Waals surface area (Å²) in [7, 11) is -0.829. The molecule has 0 saturated heterocycles. The van der Waals surface area contributed by atoms with Crippen LogP contribution >= 0.6 is 23.2 Å². The second kappa shape index (κ2) is 9.78. The first-order valence-corrected chi connectivity index (χ1v) is 10.9. The number of benzene rings is 1. The molecule has 1 aromatic carbocycles.